The number of fused-ring (bicyclic) bond motifs is 1. The van der Waals surface area contributed by atoms with Crippen molar-refractivity contribution in [2.24, 2.45) is 5.92 Å². The molecule has 0 unspecified atom stereocenters. The molecule has 2 atom stereocenters. The van der Waals surface area contributed by atoms with Gasteiger partial charge in [-0.2, -0.15) is 0 Å². The molecule has 0 aromatic rings. The van der Waals surface area contributed by atoms with Crippen LogP contribution >= 0.6 is 0 Å². The molecule has 0 aliphatic carbocycles. The van der Waals surface area contributed by atoms with Crippen LogP contribution in [0.2, 0.25) is 0 Å². The molecule has 10 heavy (non-hydrogen) atoms. The van der Waals surface area contributed by atoms with E-state index in [0.717, 1.165) is 12.0 Å². The largest absolute Gasteiger partial charge is 0.315 e. The van der Waals surface area contributed by atoms with E-state index in [0.29, 0.717) is 0 Å². The molecule has 0 amide bonds. The van der Waals surface area contributed by atoms with Gasteiger partial charge in [0.15, 0.2) is 0 Å². The van der Waals surface area contributed by atoms with Crippen LogP contribution in [0.25, 0.3) is 0 Å². The molecule has 2 heterocycles. The lowest BCUT2D eigenvalue weighted by molar-refractivity contribution is 0.225. The van der Waals surface area contributed by atoms with Crippen molar-refractivity contribution >= 4 is 0 Å². The summed E-state index contributed by atoms with van der Waals surface area (Å²) in [6, 6.07) is 0.794. The van der Waals surface area contributed by atoms with Gasteiger partial charge in [-0.15, -0.1) is 0 Å². The minimum atomic E-state index is 0.794. The third-order valence-electron chi connectivity index (χ3n) is 2.78. The van der Waals surface area contributed by atoms with Gasteiger partial charge >= 0.3 is 0 Å². The van der Waals surface area contributed by atoms with Gasteiger partial charge in [-0.3, -0.25) is 0 Å². The maximum absolute atomic E-state index is 3.56. The standard InChI is InChI=1S/C8H16N2/c1-2-7-3-5-9-6-8(7)10-4-1/h7-10H,1-6H2/t7-,8-/m0/s1. The van der Waals surface area contributed by atoms with Crippen LogP contribution in [0.5, 0.6) is 0 Å². The Morgan fingerprint density at radius 3 is 3.00 bits per heavy atom. The summed E-state index contributed by atoms with van der Waals surface area (Å²) in [4.78, 5) is 0. The van der Waals surface area contributed by atoms with E-state index in [-0.39, 0.29) is 0 Å². The zero-order valence-electron chi connectivity index (χ0n) is 6.40. The maximum Gasteiger partial charge on any atom is 0.0221 e. The summed E-state index contributed by atoms with van der Waals surface area (Å²) >= 11 is 0. The third-order valence-corrected chi connectivity index (χ3v) is 2.78. The van der Waals surface area contributed by atoms with E-state index in [9.17, 15) is 0 Å². The van der Waals surface area contributed by atoms with Gasteiger partial charge in [0, 0.05) is 12.6 Å². The molecule has 2 nitrogen and oxygen atoms in total. The monoisotopic (exact) mass is 140 g/mol. The Bertz CT molecular complexity index is 87.8. The Kier molecular flexibility index (Phi) is 1.91. The number of hydrogen-bond donors (Lipinski definition) is 2. The predicted molar refractivity (Wildman–Crippen MR) is 42.0 cm³/mol. The maximum atomic E-state index is 3.56. The number of piperidine rings is 2. The second-order valence-corrected chi connectivity index (χ2v) is 3.46. The molecular weight excluding hydrogens is 124 g/mol. The molecule has 2 rings (SSSR count). The highest BCUT2D eigenvalue weighted by atomic mass is 15.0. The van der Waals surface area contributed by atoms with E-state index in [1.807, 2.05) is 0 Å². The molecule has 0 aromatic carbocycles. The molecule has 2 fully saturated rings. The molecule has 0 saturated carbocycles. The Hall–Kier alpha value is -0.0800. The van der Waals surface area contributed by atoms with Crippen LogP contribution in [0.3, 0.4) is 0 Å². The molecule has 2 N–H and O–H groups in total. The third kappa shape index (κ3) is 1.18. The van der Waals surface area contributed by atoms with E-state index in [1.54, 1.807) is 0 Å². The highest BCUT2D eigenvalue weighted by Crippen LogP contribution is 2.21. The summed E-state index contributed by atoms with van der Waals surface area (Å²) in [7, 11) is 0. The van der Waals surface area contributed by atoms with Crippen LogP contribution in [-0.4, -0.2) is 25.7 Å². The lowest BCUT2D eigenvalue weighted by Gasteiger charge is -2.36. The van der Waals surface area contributed by atoms with Crippen molar-refractivity contribution in [3.8, 4) is 0 Å². The summed E-state index contributed by atoms with van der Waals surface area (Å²) < 4.78 is 0. The molecule has 0 aromatic heterocycles. The van der Waals surface area contributed by atoms with Crippen LogP contribution in [-0.2, 0) is 0 Å². The fourth-order valence-electron chi connectivity index (χ4n) is 2.15. The fraction of sp³-hybridized carbons (Fsp3) is 1.00. The van der Waals surface area contributed by atoms with Crippen LogP contribution in [0.1, 0.15) is 19.3 Å². The van der Waals surface area contributed by atoms with Crippen LogP contribution in [0.4, 0.5) is 0 Å². The number of hydrogen-bond acceptors (Lipinski definition) is 2. The summed E-state index contributed by atoms with van der Waals surface area (Å²) in [5.74, 6) is 0.981. The van der Waals surface area contributed by atoms with Gasteiger partial charge in [0.05, 0.1) is 0 Å². The van der Waals surface area contributed by atoms with E-state index < -0.39 is 0 Å². The SMILES string of the molecule is C1CN[C@H]2CNCC[C@@H]2C1. The van der Waals surface area contributed by atoms with E-state index in [4.69, 9.17) is 0 Å². The summed E-state index contributed by atoms with van der Waals surface area (Å²) in [5.41, 5.74) is 0. The molecule has 0 radical (unpaired) electrons. The van der Waals surface area contributed by atoms with Gasteiger partial charge in [0.2, 0.25) is 0 Å². The Morgan fingerprint density at radius 2 is 2.10 bits per heavy atom. The van der Waals surface area contributed by atoms with Crippen molar-refractivity contribution in [2.75, 3.05) is 19.6 Å². The summed E-state index contributed by atoms with van der Waals surface area (Å²) in [6.45, 7) is 3.68. The van der Waals surface area contributed by atoms with Gasteiger partial charge in [-0.25, -0.2) is 0 Å². The van der Waals surface area contributed by atoms with E-state index in [2.05, 4.69) is 10.6 Å². The lowest BCUT2D eigenvalue weighted by Crippen LogP contribution is -2.51. The topological polar surface area (TPSA) is 24.1 Å². The second kappa shape index (κ2) is 2.89. The summed E-state index contributed by atoms with van der Waals surface area (Å²) in [6.07, 6.45) is 4.23. The zero-order valence-corrected chi connectivity index (χ0v) is 6.40. The van der Waals surface area contributed by atoms with Crippen molar-refractivity contribution in [2.45, 2.75) is 25.3 Å². The van der Waals surface area contributed by atoms with Crippen molar-refractivity contribution in [3.63, 3.8) is 0 Å². The first kappa shape index (κ1) is 6.62. The smallest absolute Gasteiger partial charge is 0.0221 e. The van der Waals surface area contributed by atoms with Gasteiger partial charge in [0.25, 0.3) is 0 Å². The molecule has 2 aliphatic heterocycles. The van der Waals surface area contributed by atoms with Crippen molar-refractivity contribution < 1.29 is 0 Å². The van der Waals surface area contributed by atoms with Crippen molar-refractivity contribution in [1.29, 1.82) is 0 Å². The Morgan fingerprint density at radius 1 is 1.10 bits per heavy atom. The molecule has 2 saturated heterocycles. The number of rotatable bonds is 0. The minimum Gasteiger partial charge on any atom is -0.315 e. The molecule has 2 aliphatic rings. The minimum absolute atomic E-state index is 0.794. The van der Waals surface area contributed by atoms with Crippen LogP contribution in [0.15, 0.2) is 0 Å². The summed E-state index contributed by atoms with van der Waals surface area (Å²) in [5, 5.41) is 6.98. The normalized spacial score (nSPS) is 40.8. The van der Waals surface area contributed by atoms with Gasteiger partial charge in [0.1, 0.15) is 0 Å². The lowest BCUT2D eigenvalue weighted by atomic mass is 9.86. The van der Waals surface area contributed by atoms with Gasteiger partial charge < -0.3 is 10.6 Å². The zero-order chi connectivity index (χ0) is 6.81. The molecule has 0 spiro atoms. The average molecular weight is 140 g/mol. The first-order chi connectivity index (χ1) is 4.97. The molecular formula is C8H16N2. The Labute approximate surface area is 62.4 Å². The quantitative estimate of drug-likeness (QED) is 0.507. The van der Waals surface area contributed by atoms with E-state index >= 15 is 0 Å². The molecule has 2 heteroatoms. The van der Waals surface area contributed by atoms with E-state index in [1.165, 1.54) is 38.9 Å². The van der Waals surface area contributed by atoms with Crippen LogP contribution < -0.4 is 10.6 Å². The highest BCUT2D eigenvalue weighted by molar-refractivity contribution is 4.86. The highest BCUT2D eigenvalue weighted by Gasteiger charge is 2.26. The fourth-order valence-corrected chi connectivity index (χ4v) is 2.15. The van der Waals surface area contributed by atoms with Gasteiger partial charge in [-0.05, 0) is 38.3 Å². The first-order valence-corrected chi connectivity index (χ1v) is 4.41. The van der Waals surface area contributed by atoms with Crippen LogP contribution in [0, 0.1) is 5.92 Å². The van der Waals surface area contributed by atoms with Crippen molar-refractivity contribution in [3.05, 3.63) is 0 Å². The van der Waals surface area contributed by atoms with Gasteiger partial charge in [-0.1, -0.05) is 0 Å². The van der Waals surface area contributed by atoms with Crippen molar-refractivity contribution in [1.82, 2.24) is 10.6 Å². The first-order valence-electron chi connectivity index (χ1n) is 4.41. The molecule has 0 bridgehead atoms. The second-order valence-electron chi connectivity index (χ2n) is 3.46. The predicted octanol–water partition coefficient (Wildman–Crippen LogP) is 0.348. The molecule has 58 valence electrons. The Balaban J connectivity index is 1.93. The average Bonchev–Trinajstić information content (AvgIpc) is 2.05. The number of nitrogens with one attached hydrogen (secondary N) is 2.